The molecule has 3 unspecified atom stereocenters. The lowest BCUT2D eigenvalue weighted by molar-refractivity contribution is -0.00647. The molecule has 6 rings (SSSR count). The molecule has 0 spiro atoms. The Morgan fingerprint density at radius 2 is 1.68 bits per heavy atom. The fraction of sp³-hybridized carbons (Fsp3) is 0.750. The Balaban J connectivity index is 1.04. The van der Waals surface area contributed by atoms with Gasteiger partial charge in [0.15, 0.2) is 0 Å². The number of anilines is 1. The van der Waals surface area contributed by atoms with Crippen LogP contribution in [0.2, 0.25) is 0 Å². The van der Waals surface area contributed by atoms with Crippen molar-refractivity contribution in [2.45, 2.75) is 71.8 Å². The molecule has 4 aliphatic rings. The van der Waals surface area contributed by atoms with Crippen LogP contribution in [0.3, 0.4) is 0 Å². The van der Waals surface area contributed by atoms with Gasteiger partial charge in [0.2, 0.25) is 0 Å². The zero-order valence-electron chi connectivity index (χ0n) is 21.5. The topological polar surface area (TPSA) is 58.9 Å². The fourth-order valence-corrected chi connectivity index (χ4v) is 8.83. The molecule has 0 aromatic carbocycles. The maximum Gasteiger partial charge on any atom is 0.148 e. The third-order valence-corrected chi connectivity index (χ3v) is 9.45. The van der Waals surface area contributed by atoms with Gasteiger partial charge in [0, 0.05) is 44.5 Å². The van der Waals surface area contributed by atoms with Crippen LogP contribution in [0.15, 0.2) is 18.3 Å². The minimum Gasteiger partial charge on any atom is -0.366 e. The van der Waals surface area contributed by atoms with Crippen molar-refractivity contribution in [2.24, 2.45) is 42.1 Å². The summed E-state index contributed by atoms with van der Waals surface area (Å²) in [5, 5.41) is 17.1. The number of rotatable bonds is 5. The highest BCUT2D eigenvalue weighted by Crippen LogP contribution is 2.54. The number of aromatic nitrogens is 4. The summed E-state index contributed by atoms with van der Waals surface area (Å²) in [5.74, 6) is 5.45. The van der Waals surface area contributed by atoms with Crippen molar-refractivity contribution in [3.63, 3.8) is 0 Å². The predicted molar refractivity (Wildman–Crippen MR) is 136 cm³/mol. The zero-order valence-corrected chi connectivity index (χ0v) is 21.5. The summed E-state index contributed by atoms with van der Waals surface area (Å²) in [5.41, 5.74) is 3.56. The van der Waals surface area contributed by atoms with E-state index in [-0.39, 0.29) is 0 Å². The Labute approximate surface area is 204 Å². The number of hydrogen-bond donors (Lipinski definition) is 1. The third-order valence-electron chi connectivity index (χ3n) is 9.45. The van der Waals surface area contributed by atoms with Gasteiger partial charge in [0.05, 0.1) is 11.4 Å². The number of nitrogens with one attached hydrogen (secondary N) is 1. The second-order valence-electron chi connectivity index (χ2n) is 12.8. The Kier molecular flexibility index (Phi) is 5.70. The predicted octanol–water partition coefficient (Wildman–Crippen LogP) is 5.16. The van der Waals surface area contributed by atoms with Gasteiger partial charge in [-0.25, -0.2) is 0 Å². The van der Waals surface area contributed by atoms with Crippen molar-refractivity contribution in [2.75, 3.05) is 25.0 Å². The molecule has 3 aliphatic carbocycles. The molecule has 3 saturated carbocycles. The van der Waals surface area contributed by atoms with Crippen molar-refractivity contribution < 1.29 is 0 Å². The molecular weight excluding hydrogens is 420 g/mol. The average Bonchev–Trinajstić information content (AvgIpc) is 3.39. The minimum absolute atomic E-state index is 0.532. The average molecular weight is 463 g/mol. The van der Waals surface area contributed by atoms with Crippen LogP contribution in [0, 0.1) is 41.9 Å². The lowest BCUT2D eigenvalue weighted by Gasteiger charge is -2.51. The van der Waals surface area contributed by atoms with E-state index in [1.54, 1.807) is 0 Å². The molecule has 4 fully saturated rings. The quantitative estimate of drug-likeness (QED) is 0.665. The van der Waals surface area contributed by atoms with Gasteiger partial charge >= 0.3 is 0 Å². The van der Waals surface area contributed by atoms with E-state index in [0.717, 1.165) is 52.4 Å². The molecule has 5 atom stereocenters. The molecule has 184 valence electrons. The summed E-state index contributed by atoms with van der Waals surface area (Å²) < 4.78 is 1.83. The summed E-state index contributed by atoms with van der Waals surface area (Å²) in [6, 6.07) is 4.68. The Bertz CT molecular complexity index is 979. The van der Waals surface area contributed by atoms with E-state index in [9.17, 15) is 0 Å². The third kappa shape index (κ3) is 4.38. The van der Waals surface area contributed by atoms with Gasteiger partial charge in [-0.2, -0.15) is 5.10 Å². The van der Waals surface area contributed by atoms with Crippen molar-refractivity contribution in [1.29, 1.82) is 0 Å². The largest absolute Gasteiger partial charge is 0.366 e. The highest BCUT2D eigenvalue weighted by molar-refractivity contribution is 5.61. The SMILES string of the molecule is Cc1nn(C)cc1-c1ccc(NC2C[C@@H]3CN(CC45CC(C)CC(CC(C)C4)C5)C[C@@H]3C2)nn1. The Morgan fingerprint density at radius 1 is 0.971 bits per heavy atom. The van der Waals surface area contributed by atoms with Crippen LogP contribution >= 0.6 is 0 Å². The number of nitrogens with zero attached hydrogens (tertiary/aromatic N) is 5. The van der Waals surface area contributed by atoms with Gasteiger partial charge in [-0.3, -0.25) is 4.68 Å². The standard InChI is InChI=1S/C28H42N6/c1-18-7-21-8-19(2)12-28(11-18,13-21)17-34-14-22-9-24(10-23(22)15-34)29-27-6-5-26(30-31-27)25-16-33(4)32-20(25)3/h5-6,16,18-19,21-24H,7-15,17H2,1-4H3,(H,29,31)/t18?,19?,21?,22-,23+,24?,28?. The van der Waals surface area contributed by atoms with Crippen LogP contribution in [-0.2, 0) is 7.05 Å². The first-order valence-corrected chi connectivity index (χ1v) is 13.7. The molecule has 34 heavy (non-hydrogen) atoms. The van der Waals surface area contributed by atoms with Gasteiger partial charge in [0.25, 0.3) is 0 Å². The van der Waals surface area contributed by atoms with E-state index in [2.05, 4.69) is 51.5 Å². The number of aryl methyl sites for hydroxylation is 2. The van der Waals surface area contributed by atoms with Crippen LogP contribution < -0.4 is 5.32 Å². The fourth-order valence-electron chi connectivity index (χ4n) is 8.83. The van der Waals surface area contributed by atoms with Gasteiger partial charge in [-0.15, -0.1) is 10.2 Å². The van der Waals surface area contributed by atoms with E-state index in [1.807, 2.05) is 24.9 Å². The van der Waals surface area contributed by atoms with E-state index in [0.29, 0.717) is 11.5 Å². The first-order valence-electron chi connectivity index (χ1n) is 13.7. The number of hydrogen-bond acceptors (Lipinski definition) is 5. The van der Waals surface area contributed by atoms with Gasteiger partial charge in [0.1, 0.15) is 5.82 Å². The number of likely N-dealkylation sites (tertiary alicyclic amines) is 1. The summed E-state index contributed by atoms with van der Waals surface area (Å²) in [7, 11) is 1.94. The summed E-state index contributed by atoms with van der Waals surface area (Å²) in [4.78, 5) is 2.86. The maximum absolute atomic E-state index is 4.49. The van der Waals surface area contributed by atoms with Crippen LogP contribution in [0.4, 0.5) is 5.82 Å². The van der Waals surface area contributed by atoms with Crippen LogP contribution in [0.1, 0.15) is 64.5 Å². The Morgan fingerprint density at radius 3 is 2.26 bits per heavy atom. The van der Waals surface area contributed by atoms with Gasteiger partial charge in [-0.1, -0.05) is 13.8 Å². The second-order valence-corrected chi connectivity index (χ2v) is 12.8. The van der Waals surface area contributed by atoms with Crippen molar-refractivity contribution in [3.8, 4) is 11.3 Å². The molecule has 6 heteroatoms. The normalized spacial score (nSPS) is 37.6. The molecule has 2 aromatic heterocycles. The van der Waals surface area contributed by atoms with E-state index < -0.39 is 0 Å². The Hall–Kier alpha value is -1.95. The summed E-state index contributed by atoms with van der Waals surface area (Å²) in [6.07, 6.45) is 12.0. The van der Waals surface area contributed by atoms with E-state index in [1.165, 1.54) is 64.6 Å². The van der Waals surface area contributed by atoms with Crippen molar-refractivity contribution >= 4 is 5.82 Å². The molecular formula is C28H42N6. The minimum atomic E-state index is 0.532. The zero-order chi connectivity index (χ0) is 23.4. The van der Waals surface area contributed by atoms with Crippen LogP contribution in [0.25, 0.3) is 11.3 Å². The van der Waals surface area contributed by atoms with Crippen LogP contribution in [0.5, 0.6) is 0 Å². The molecule has 2 bridgehead atoms. The highest BCUT2D eigenvalue weighted by Gasteiger charge is 2.48. The smallest absolute Gasteiger partial charge is 0.148 e. The number of fused-ring (bicyclic) bond motifs is 3. The van der Waals surface area contributed by atoms with Crippen LogP contribution in [-0.4, -0.2) is 50.6 Å². The molecule has 0 radical (unpaired) electrons. The van der Waals surface area contributed by atoms with Crippen molar-refractivity contribution in [1.82, 2.24) is 24.9 Å². The van der Waals surface area contributed by atoms with Gasteiger partial charge in [-0.05, 0) is 99.0 Å². The molecule has 2 aromatic rings. The molecule has 1 saturated heterocycles. The lowest BCUT2D eigenvalue weighted by Crippen LogP contribution is -2.46. The first-order chi connectivity index (χ1) is 16.3. The molecule has 0 amide bonds. The summed E-state index contributed by atoms with van der Waals surface area (Å²) >= 11 is 0. The first kappa shape index (κ1) is 22.5. The molecule has 6 nitrogen and oxygen atoms in total. The van der Waals surface area contributed by atoms with Gasteiger partial charge < -0.3 is 10.2 Å². The van der Waals surface area contributed by atoms with E-state index in [4.69, 9.17) is 0 Å². The monoisotopic (exact) mass is 462 g/mol. The van der Waals surface area contributed by atoms with E-state index >= 15 is 0 Å². The van der Waals surface area contributed by atoms with Crippen molar-refractivity contribution in [3.05, 3.63) is 24.0 Å². The molecule has 1 N–H and O–H groups in total. The highest BCUT2D eigenvalue weighted by atomic mass is 15.3. The molecule has 3 heterocycles. The lowest BCUT2D eigenvalue weighted by atomic mass is 9.56. The second kappa shape index (κ2) is 8.61. The summed E-state index contributed by atoms with van der Waals surface area (Å²) in [6.45, 7) is 11.0. The molecule has 1 aliphatic heterocycles. The maximum atomic E-state index is 4.49.